The van der Waals surface area contributed by atoms with Gasteiger partial charge in [0.1, 0.15) is 10.3 Å². The van der Waals surface area contributed by atoms with Crippen molar-refractivity contribution in [3.63, 3.8) is 0 Å². The number of likely N-dealkylation sites (tertiary alicyclic amines) is 1. The topological polar surface area (TPSA) is 117 Å². The van der Waals surface area contributed by atoms with Gasteiger partial charge in [-0.1, -0.05) is 55.0 Å². The summed E-state index contributed by atoms with van der Waals surface area (Å²) in [6.07, 6.45) is 3.72. The van der Waals surface area contributed by atoms with Gasteiger partial charge in [-0.05, 0) is 93.3 Å². The fourth-order valence-corrected chi connectivity index (χ4v) is 10.2. The number of ether oxygens (including phenoxy) is 2. The maximum absolute atomic E-state index is 14.0. The van der Waals surface area contributed by atoms with E-state index < -0.39 is 28.0 Å². The Balaban J connectivity index is 1.23. The number of benzene rings is 3. The third-order valence-electron chi connectivity index (χ3n) is 10.5. The predicted octanol–water partition coefficient (Wildman–Crippen LogP) is 6.71. The van der Waals surface area contributed by atoms with Crippen LogP contribution in [0.1, 0.15) is 81.7 Å². The number of thiophene rings is 1. The number of carbonyl (C=O) groups is 2. The molecule has 0 radical (unpaired) electrons. The fraction of sp³-hybridized carbons (Fsp3) is 0.450. The fourth-order valence-electron chi connectivity index (χ4n) is 7.16. The molecule has 2 aliphatic heterocycles. The normalized spacial score (nSPS) is 18.8. The summed E-state index contributed by atoms with van der Waals surface area (Å²) in [5.74, 6) is 0.339. The van der Waals surface area contributed by atoms with Gasteiger partial charge in [0, 0.05) is 49.3 Å². The van der Waals surface area contributed by atoms with Crippen LogP contribution >= 0.6 is 11.3 Å². The third kappa shape index (κ3) is 8.46. The molecule has 12 heteroatoms. The van der Waals surface area contributed by atoms with Crippen LogP contribution in [0.3, 0.4) is 0 Å². The second-order valence-electron chi connectivity index (χ2n) is 14.5. The average molecular weight is 747 g/mol. The molecule has 6 rings (SSSR count). The first-order valence-corrected chi connectivity index (χ1v) is 20.4. The zero-order chi connectivity index (χ0) is 37.2. The SMILES string of the molecule is Cc1c(S(=O)(=O)NC(CC(=O)NC(Cc2ccc(CN3[C@H](C)CCC[C@@H]3C)cc2)C(=O)N(C)C(C)C)c2ccc3c(c2)OCO3)sc2ccccc12. The number of hydrogen-bond donors (Lipinski definition) is 2. The van der Waals surface area contributed by atoms with Crippen molar-refractivity contribution in [2.24, 2.45) is 0 Å². The lowest BCUT2D eigenvalue weighted by atomic mass is 9.96. The van der Waals surface area contributed by atoms with Crippen molar-refractivity contribution < 1.29 is 27.5 Å². The van der Waals surface area contributed by atoms with E-state index in [1.807, 2.05) is 50.2 Å². The summed E-state index contributed by atoms with van der Waals surface area (Å²) in [5.41, 5.74) is 3.32. The van der Waals surface area contributed by atoms with Crippen LogP contribution in [0.15, 0.2) is 70.9 Å². The van der Waals surface area contributed by atoms with E-state index in [-0.39, 0.29) is 29.4 Å². The molecule has 2 aliphatic rings. The van der Waals surface area contributed by atoms with Crippen molar-refractivity contribution in [2.45, 2.75) is 108 Å². The number of nitrogens with zero attached hydrogens (tertiary/aromatic N) is 2. The Hall–Kier alpha value is -3.97. The van der Waals surface area contributed by atoms with Gasteiger partial charge in [-0.15, -0.1) is 11.3 Å². The van der Waals surface area contributed by atoms with Gasteiger partial charge in [-0.25, -0.2) is 13.1 Å². The van der Waals surface area contributed by atoms with Gasteiger partial charge < -0.3 is 19.7 Å². The number of amides is 2. The van der Waals surface area contributed by atoms with Crippen LogP contribution in [0.5, 0.6) is 11.5 Å². The molecule has 4 atom stereocenters. The number of hydrogen-bond acceptors (Lipinski definition) is 8. The Kier molecular flexibility index (Phi) is 11.6. The van der Waals surface area contributed by atoms with Crippen molar-refractivity contribution in [3.8, 4) is 11.5 Å². The number of rotatable bonds is 13. The van der Waals surface area contributed by atoms with E-state index in [0.29, 0.717) is 41.1 Å². The highest BCUT2D eigenvalue weighted by atomic mass is 32.2. The lowest BCUT2D eigenvalue weighted by Crippen LogP contribution is -2.50. The highest BCUT2D eigenvalue weighted by Gasteiger charge is 2.31. The molecule has 0 aliphatic carbocycles. The summed E-state index contributed by atoms with van der Waals surface area (Å²) >= 11 is 1.19. The molecule has 4 aromatic rings. The Labute approximate surface area is 311 Å². The molecule has 3 aromatic carbocycles. The molecule has 1 aromatic heterocycles. The van der Waals surface area contributed by atoms with Crippen LogP contribution < -0.4 is 19.5 Å². The second kappa shape index (κ2) is 16.0. The minimum atomic E-state index is -4.06. The summed E-state index contributed by atoms with van der Waals surface area (Å²) in [7, 11) is -2.33. The molecule has 0 bridgehead atoms. The van der Waals surface area contributed by atoms with Gasteiger partial charge in [-0.2, -0.15) is 0 Å². The van der Waals surface area contributed by atoms with Crippen molar-refractivity contribution in [1.82, 2.24) is 19.8 Å². The predicted molar refractivity (Wildman–Crippen MR) is 205 cm³/mol. The van der Waals surface area contributed by atoms with Crippen molar-refractivity contribution >= 4 is 43.3 Å². The molecule has 2 amide bonds. The molecule has 2 unspecified atom stereocenters. The minimum absolute atomic E-state index is 0.0568. The Bertz CT molecular complexity index is 2000. The van der Waals surface area contributed by atoms with Crippen molar-refractivity contribution in [2.75, 3.05) is 13.8 Å². The number of piperidine rings is 1. The second-order valence-corrected chi connectivity index (χ2v) is 17.4. The molecule has 3 heterocycles. The van der Waals surface area contributed by atoms with E-state index in [9.17, 15) is 18.0 Å². The van der Waals surface area contributed by atoms with Crippen molar-refractivity contribution in [3.05, 3.63) is 89.0 Å². The van der Waals surface area contributed by atoms with E-state index in [1.165, 1.54) is 36.2 Å². The highest BCUT2D eigenvalue weighted by molar-refractivity contribution is 7.91. The number of nitrogens with one attached hydrogen (secondary N) is 2. The standard InChI is InChI=1S/C40H50N4O6S2/c1-25(2)43(6)39(46)34(20-29-14-16-30(17-15-29)23-44-26(3)10-9-11-27(44)4)41-38(45)22-33(31-18-19-35-36(21-31)50-24-49-35)42-52(47,48)40-28(5)32-12-7-8-13-37(32)51-40/h7-8,12-19,21,25-27,33-34,42H,9-11,20,22-24H2,1-6H3,(H,41,45)/t26-,27+,33?,34?. The van der Waals surface area contributed by atoms with Crippen LogP contribution in [0.25, 0.3) is 10.1 Å². The van der Waals surface area contributed by atoms with Crippen LogP contribution in [0.4, 0.5) is 0 Å². The number of fused-ring (bicyclic) bond motifs is 2. The number of sulfonamides is 1. The first-order chi connectivity index (χ1) is 24.8. The number of aryl methyl sites for hydroxylation is 1. The monoisotopic (exact) mass is 746 g/mol. The molecular formula is C40H50N4O6S2. The number of likely N-dealkylation sites (N-methyl/N-ethyl adjacent to an activating group) is 1. The molecule has 1 fully saturated rings. The first-order valence-electron chi connectivity index (χ1n) is 18.1. The average Bonchev–Trinajstić information content (AvgIpc) is 3.73. The molecule has 278 valence electrons. The summed E-state index contributed by atoms with van der Waals surface area (Å²) in [6, 6.07) is 20.2. The molecule has 1 saturated heterocycles. The summed E-state index contributed by atoms with van der Waals surface area (Å²) in [5, 5.41) is 3.84. The number of carbonyl (C=O) groups excluding carboxylic acids is 2. The van der Waals surface area contributed by atoms with E-state index in [4.69, 9.17) is 9.47 Å². The molecule has 0 spiro atoms. The van der Waals surface area contributed by atoms with E-state index >= 15 is 0 Å². The lowest BCUT2D eigenvalue weighted by Gasteiger charge is -2.39. The molecular weight excluding hydrogens is 697 g/mol. The highest BCUT2D eigenvalue weighted by Crippen LogP contribution is 2.37. The maximum atomic E-state index is 14.0. The Morgan fingerprint density at radius 2 is 1.63 bits per heavy atom. The van der Waals surface area contributed by atoms with E-state index in [1.54, 1.807) is 37.1 Å². The third-order valence-corrected chi connectivity index (χ3v) is 13.9. The van der Waals surface area contributed by atoms with Crippen LogP contribution in [0.2, 0.25) is 0 Å². The van der Waals surface area contributed by atoms with Gasteiger partial charge in [0.25, 0.3) is 10.0 Å². The lowest BCUT2D eigenvalue weighted by molar-refractivity contribution is -0.136. The summed E-state index contributed by atoms with van der Waals surface area (Å²) in [4.78, 5) is 31.9. The largest absolute Gasteiger partial charge is 0.454 e. The van der Waals surface area contributed by atoms with Gasteiger partial charge >= 0.3 is 0 Å². The van der Waals surface area contributed by atoms with E-state index in [0.717, 1.165) is 22.2 Å². The van der Waals surface area contributed by atoms with Gasteiger partial charge in [0.15, 0.2) is 11.5 Å². The minimum Gasteiger partial charge on any atom is -0.454 e. The van der Waals surface area contributed by atoms with Crippen LogP contribution in [-0.4, -0.2) is 68.0 Å². The Morgan fingerprint density at radius 3 is 2.33 bits per heavy atom. The van der Waals surface area contributed by atoms with Crippen LogP contribution in [0, 0.1) is 6.92 Å². The van der Waals surface area contributed by atoms with Gasteiger partial charge in [-0.3, -0.25) is 14.5 Å². The maximum Gasteiger partial charge on any atom is 0.250 e. The van der Waals surface area contributed by atoms with E-state index in [2.05, 4.69) is 40.9 Å². The molecule has 10 nitrogen and oxygen atoms in total. The summed E-state index contributed by atoms with van der Waals surface area (Å²) < 4.78 is 42.9. The Morgan fingerprint density at radius 1 is 0.962 bits per heavy atom. The van der Waals surface area contributed by atoms with Gasteiger partial charge in [0.05, 0.1) is 6.04 Å². The zero-order valence-electron chi connectivity index (χ0n) is 30.8. The quantitative estimate of drug-likeness (QED) is 0.156. The molecule has 52 heavy (non-hydrogen) atoms. The van der Waals surface area contributed by atoms with Crippen molar-refractivity contribution in [1.29, 1.82) is 0 Å². The zero-order valence-corrected chi connectivity index (χ0v) is 32.5. The first kappa shape index (κ1) is 37.8. The van der Waals surface area contributed by atoms with Gasteiger partial charge in [0.2, 0.25) is 18.6 Å². The smallest absolute Gasteiger partial charge is 0.250 e. The van der Waals surface area contributed by atoms with Crippen LogP contribution in [-0.2, 0) is 32.6 Å². The molecule has 2 N–H and O–H groups in total. The molecule has 0 saturated carbocycles. The summed E-state index contributed by atoms with van der Waals surface area (Å²) in [6.45, 7) is 11.2.